The van der Waals surface area contributed by atoms with Gasteiger partial charge >= 0.3 is 0 Å². The van der Waals surface area contributed by atoms with Crippen LogP contribution in [0.15, 0.2) is 61.1 Å². The SMILES string of the molecule is Cc1ccc(-n2nccn2)c(C(=O)N2CC[C@H]3CN(c4ncc5ccccc5n4)[C@H]3C2)c1. The van der Waals surface area contributed by atoms with Crippen LogP contribution in [0.1, 0.15) is 22.3 Å². The van der Waals surface area contributed by atoms with E-state index in [-0.39, 0.29) is 11.9 Å². The summed E-state index contributed by atoms with van der Waals surface area (Å²) in [6.07, 6.45) is 6.11. The van der Waals surface area contributed by atoms with Crippen LogP contribution in [0.3, 0.4) is 0 Å². The summed E-state index contributed by atoms with van der Waals surface area (Å²) in [5, 5.41) is 9.49. The van der Waals surface area contributed by atoms with Crippen molar-refractivity contribution >= 4 is 22.8 Å². The minimum absolute atomic E-state index is 0.0192. The van der Waals surface area contributed by atoms with Gasteiger partial charge in [-0.2, -0.15) is 15.0 Å². The number of carbonyl (C=O) groups excluding carboxylic acids is 1. The zero-order valence-corrected chi connectivity index (χ0v) is 17.8. The maximum Gasteiger partial charge on any atom is 0.256 e. The van der Waals surface area contributed by atoms with Crippen LogP contribution in [-0.4, -0.2) is 61.4 Å². The van der Waals surface area contributed by atoms with Gasteiger partial charge in [0.15, 0.2) is 0 Å². The molecule has 0 N–H and O–H groups in total. The first-order chi connectivity index (χ1) is 15.7. The highest BCUT2D eigenvalue weighted by molar-refractivity contribution is 5.98. The van der Waals surface area contributed by atoms with E-state index in [0.29, 0.717) is 23.7 Å². The van der Waals surface area contributed by atoms with Crippen molar-refractivity contribution in [2.75, 3.05) is 24.5 Å². The molecule has 0 saturated carbocycles. The van der Waals surface area contributed by atoms with Gasteiger partial charge in [0.2, 0.25) is 5.95 Å². The zero-order valence-electron chi connectivity index (χ0n) is 17.8. The molecule has 2 aromatic carbocycles. The lowest BCUT2D eigenvalue weighted by Gasteiger charge is -2.53. The zero-order chi connectivity index (χ0) is 21.7. The third kappa shape index (κ3) is 3.10. The number of amides is 1. The second kappa shape index (κ2) is 7.40. The fourth-order valence-corrected chi connectivity index (χ4v) is 4.82. The maximum absolute atomic E-state index is 13.6. The number of hydrogen-bond acceptors (Lipinski definition) is 6. The summed E-state index contributed by atoms with van der Waals surface area (Å²) in [7, 11) is 0. The van der Waals surface area contributed by atoms with Crippen LogP contribution in [0.2, 0.25) is 0 Å². The molecule has 1 amide bonds. The number of nitrogens with zero attached hydrogens (tertiary/aromatic N) is 7. The number of rotatable bonds is 3. The van der Waals surface area contributed by atoms with Crippen LogP contribution in [0, 0.1) is 12.8 Å². The van der Waals surface area contributed by atoms with Crippen LogP contribution >= 0.6 is 0 Å². The minimum atomic E-state index is 0.0192. The van der Waals surface area contributed by atoms with E-state index < -0.39 is 0 Å². The Bertz CT molecular complexity index is 1300. The molecule has 4 aromatic rings. The summed E-state index contributed by atoms with van der Waals surface area (Å²) in [5.74, 6) is 1.33. The van der Waals surface area contributed by atoms with Gasteiger partial charge in [-0.15, -0.1) is 0 Å². The molecule has 2 saturated heterocycles. The highest BCUT2D eigenvalue weighted by atomic mass is 16.2. The van der Waals surface area contributed by atoms with Crippen molar-refractivity contribution in [1.29, 1.82) is 0 Å². The lowest BCUT2D eigenvalue weighted by Crippen LogP contribution is -2.65. The molecule has 0 unspecified atom stereocenters. The number of aromatic nitrogens is 5. The summed E-state index contributed by atoms with van der Waals surface area (Å²) < 4.78 is 0. The van der Waals surface area contributed by atoms with E-state index in [9.17, 15) is 4.79 Å². The van der Waals surface area contributed by atoms with Crippen molar-refractivity contribution in [2.45, 2.75) is 19.4 Å². The molecular weight excluding hydrogens is 402 g/mol. The molecule has 2 aliphatic rings. The smallest absolute Gasteiger partial charge is 0.256 e. The van der Waals surface area contributed by atoms with E-state index in [0.717, 1.165) is 41.9 Å². The predicted octanol–water partition coefficient (Wildman–Crippen LogP) is 2.87. The summed E-state index contributed by atoms with van der Waals surface area (Å²) in [6.45, 7) is 4.36. The second-order valence-electron chi connectivity index (χ2n) is 8.59. The monoisotopic (exact) mass is 425 g/mol. The lowest BCUT2D eigenvalue weighted by molar-refractivity contribution is 0.0589. The molecule has 4 heterocycles. The molecule has 6 rings (SSSR count). The van der Waals surface area contributed by atoms with Crippen molar-refractivity contribution in [3.8, 4) is 5.69 Å². The van der Waals surface area contributed by atoms with Crippen LogP contribution in [0.4, 0.5) is 5.95 Å². The number of fused-ring (bicyclic) bond motifs is 2. The fourth-order valence-electron chi connectivity index (χ4n) is 4.82. The molecule has 0 spiro atoms. The molecule has 8 heteroatoms. The van der Waals surface area contributed by atoms with Gasteiger partial charge in [-0.1, -0.05) is 29.8 Å². The van der Waals surface area contributed by atoms with Gasteiger partial charge in [0, 0.05) is 37.1 Å². The molecule has 2 atom stereocenters. The van der Waals surface area contributed by atoms with Gasteiger partial charge in [0.1, 0.15) is 0 Å². The highest BCUT2D eigenvalue weighted by Gasteiger charge is 2.45. The molecule has 2 aliphatic heterocycles. The van der Waals surface area contributed by atoms with Crippen LogP contribution in [0.25, 0.3) is 16.6 Å². The van der Waals surface area contributed by atoms with Crippen molar-refractivity contribution in [1.82, 2.24) is 29.9 Å². The first-order valence-electron chi connectivity index (χ1n) is 10.9. The fraction of sp³-hybridized carbons (Fsp3) is 0.292. The summed E-state index contributed by atoms with van der Waals surface area (Å²) in [4.78, 5) is 28.6. The Balaban J connectivity index is 1.26. The molecule has 32 heavy (non-hydrogen) atoms. The van der Waals surface area contributed by atoms with E-state index in [4.69, 9.17) is 4.98 Å². The first-order valence-corrected chi connectivity index (χ1v) is 10.9. The number of hydrogen-bond donors (Lipinski definition) is 0. The van der Waals surface area contributed by atoms with E-state index in [1.54, 1.807) is 12.4 Å². The number of aryl methyl sites for hydroxylation is 1. The predicted molar refractivity (Wildman–Crippen MR) is 121 cm³/mol. The Morgan fingerprint density at radius 1 is 1.06 bits per heavy atom. The molecule has 0 bridgehead atoms. The number of piperidine rings is 1. The Hall–Kier alpha value is -3.81. The Morgan fingerprint density at radius 3 is 2.78 bits per heavy atom. The van der Waals surface area contributed by atoms with E-state index in [1.807, 2.05) is 60.5 Å². The van der Waals surface area contributed by atoms with Crippen molar-refractivity contribution < 1.29 is 4.79 Å². The van der Waals surface area contributed by atoms with Crippen LogP contribution in [-0.2, 0) is 0 Å². The molecule has 2 fully saturated rings. The van der Waals surface area contributed by atoms with Crippen LogP contribution < -0.4 is 4.90 Å². The lowest BCUT2D eigenvalue weighted by atomic mass is 9.82. The average Bonchev–Trinajstić information content (AvgIpc) is 3.34. The summed E-state index contributed by atoms with van der Waals surface area (Å²) in [6, 6.07) is 14.1. The Morgan fingerprint density at radius 2 is 1.91 bits per heavy atom. The summed E-state index contributed by atoms with van der Waals surface area (Å²) >= 11 is 0. The maximum atomic E-state index is 13.6. The van der Waals surface area contributed by atoms with Gasteiger partial charge in [0.05, 0.1) is 35.2 Å². The van der Waals surface area contributed by atoms with Gasteiger partial charge < -0.3 is 9.80 Å². The van der Waals surface area contributed by atoms with Gasteiger partial charge in [0.25, 0.3) is 5.91 Å². The third-order valence-corrected chi connectivity index (χ3v) is 6.59. The highest BCUT2D eigenvalue weighted by Crippen LogP contribution is 2.36. The largest absolute Gasteiger partial charge is 0.336 e. The third-order valence-electron chi connectivity index (χ3n) is 6.59. The topological polar surface area (TPSA) is 80.0 Å². The van der Waals surface area contributed by atoms with Crippen LogP contribution in [0.5, 0.6) is 0 Å². The molecule has 0 aliphatic carbocycles. The van der Waals surface area contributed by atoms with E-state index >= 15 is 0 Å². The first kappa shape index (κ1) is 18.9. The average molecular weight is 425 g/mol. The molecule has 160 valence electrons. The quantitative estimate of drug-likeness (QED) is 0.502. The van der Waals surface area contributed by atoms with E-state index in [1.165, 1.54) is 4.80 Å². The number of para-hydroxylation sites is 1. The van der Waals surface area contributed by atoms with Crippen molar-refractivity contribution in [3.63, 3.8) is 0 Å². The molecule has 2 aromatic heterocycles. The van der Waals surface area contributed by atoms with Crippen molar-refractivity contribution in [2.24, 2.45) is 5.92 Å². The van der Waals surface area contributed by atoms with Gasteiger partial charge in [-0.25, -0.2) is 9.97 Å². The number of anilines is 1. The molecule has 0 radical (unpaired) electrons. The number of carbonyl (C=O) groups is 1. The standard InChI is InChI=1S/C24H23N7O/c1-16-6-7-21(31-26-9-10-27-31)19(12-16)23(32)29-11-8-18-14-30(22(18)15-29)24-25-13-17-4-2-3-5-20(17)28-24/h2-7,9-10,12-13,18,22H,8,11,14-15H2,1H3/t18-,22-/m0/s1. The van der Waals surface area contributed by atoms with Gasteiger partial charge in [-0.05, 0) is 31.5 Å². The Kier molecular flexibility index (Phi) is 4.38. The Labute approximate surface area is 185 Å². The molecular formula is C24H23N7O. The number of likely N-dealkylation sites (tertiary alicyclic amines) is 1. The summed E-state index contributed by atoms with van der Waals surface area (Å²) in [5.41, 5.74) is 3.32. The van der Waals surface area contributed by atoms with Gasteiger partial charge in [-0.3, -0.25) is 4.79 Å². The van der Waals surface area contributed by atoms with E-state index in [2.05, 4.69) is 20.1 Å². The second-order valence-corrected chi connectivity index (χ2v) is 8.59. The van der Waals surface area contributed by atoms with Crippen molar-refractivity contribution in [3.05, 3.63) is 72.2 Å². The minimum Gasteiger partial charge on any atom is -0.336 e. The normalized spacial score (nSPS) is 20.2. The molecule has 8 nitrogen and oxygen atoms in total. The number of benzene rings is 2.